The van der Waals surface area contributed by atoms with Crippen molar-refractivity contribution in [3.8, 4) is 11.1 Å². The van der Waals surface area contributed by atoms with Crippen LogP contribution < -0.4 is 5.73 Å². The van der Waals surface area contributed by atoms with Crippen molar-refractivity contribution in [2.24, 2.45) is 5.73 Å². The third kappa shape index (κ3) is 4.56. The van der Waals surface area contributed by atoms with Crippen LogP contribution in [0.3, 0.4) is 0 Å². The second-order valence-corrected chi connectivity index (χ2v) is 9.36. The second kappa shape index (κ2) is 8.47. The molecule has 0 heterocycles. The average Bonchev–Trinajstić information content (AvgIpc) is 2.58. The maximum absolute atomic E-state index is 15.6. The summed E-state index contributed by atoms with van der Waals surface area (Å²) in [5.41, 5.74) is 5.18. The van der Waals surface area contributed by atoms with Crippen LogP contribution in [0.15, 0.2) is 18.2 Å². The molecule has 0 aliphatic carbocycles. The number of nitrogens with two attached hydrogens (primary N) is 1. The zero-order valence-electron chi connectivity index (χ0n) is 17.4. The molecular weight excluding hydrogens is 421 g/mol. The van der Waals surface area contributed by atoms with E-state index in [1.54, 1.807) is 32.9 Å². The summed E-state index contributed by atoms with van der Waals surface area (Å²) in [7, 11) is -0.193. The molecule has 1 atom stereocenters. The molecule has 164 valence electrons. The average molecular weight is 446 g/mol. The van der Waals surface area contributed by atoms with Crippen molar-refractivity contribution in [1.29, 1.82) is 0 Å². The summed E-state index contributed by atoms with van der Waals surface area (Å²) in [6.45, 7) is 6.58. The first-order valence-electron chi connectivity index (χ1n) is 9.33. The lowest BCUT2D eigenvalue weighted by molar-refractivity contribution is -0.143. The van der Waals surface area contributed by atoms with Gasteiger partial charge in [0.25, 0.3) is 0 Å². The molecule has 30 heavy (non-hydrogen) atoms. The number of carbonyl (C=O) groups excluding carboxylic acids is 1. The zero-order valence-corrected chi connectivity index (χ0v) is 19.4. The van der Waals surface area contributed by atoms with Gasteiger partial charge >= 0.3 is 12.1 Å². The molecule has 0 unspecified atom stereocenters. The van der Waals surface area contributed by atoms with Gasteiger partial charge in [-0.25, -0.2) is 8.78 Å². The second-order valence-electron chi connectivity index (χ2n) is 7.57. The summed E-state index contributed by atoms with van der Waals surface area (Å²) in [6, 6.07) is 3.90. The Balaban J connectivity index is 2.90. The lowest BCUT2D eigenvalue weighted by Gasteiger charge is -2.28. The number of rotatable bonds is 5. The number of alkyl halides is 3. The first kappa shape index (κ1) is 24.0. The maximum atomic E-state index is 15.6. The quantitative estimate of drug-likeness (QED) is 0.430. The summed E-state index contributed by atoms with van der Waals surface area (Å²) in [5.74, 6) is -3.83. The van der Waals surface area contributed by atoms with Crippen molar-refractivity contribution >= 4 is 16.2 Å². The number of carbonyl (C=O) groups is 1. The molecule has 9 heteroatoms. The van der Waals surface area contributed by atoms with Crippen LogP contribution in [-0.4, -0.2) is 22.8 Å². The number of hydrogen-bond acceptors (Lipinski definition) is 3. The fourth-order valence-corrected chi connectivity index (χ4v) is 4.22. The normalized spacial score (nSPS) is 13.9. The van der Waals surface area contributed by atoms with Gasteiger partial charge in [-0.3, -0.25) is 4.79 Å². The van der Waals surface area contributed by atoms with E-state index in [4.69, 9.17) is 10.5 Å². The highest BCUT2D eigenvalue weighted by Gasteiger charge is 2.42. The topological polar surface area (TPSA) is 52.3 Å². The zero-order chi connectivity index (χ0) is 23.0. The third-order valence-electron chi connectivity index (χ3n) is 5.11. The Hall–Kier alpha value is -2.26. The smallest absolute Gasteiger partial charge is 0.419 e. The van der Waals surface area contributed by atoms with E-state index in [1.165, 1.54) is 6.92 Å². The minimum Gasteiger partial charge on any atom is -0.466 e. The molecular formula is C21H24F5NO2Si. The predicted molar refractivity (Wildman–Crippen MR) is 108 cm³/mol. The third-order valence-corrected chi connectivity index (χ3v) is 5.96. The maximum Gasteiger partial charge on any atom is 0.419 e. The largest absolute Gasteiger partial charge is 0.466 e. The van der Waals surface area contributed by atoms with Crippen LogP contribution >= 0.6 is 0 Å². The lowest BCUT2D eigenvalue weighted by Crippen LogP contribution is -2.42. The SMILES string of the molecule is CCOC(=O)C[C@](N)([SiH3])c1c(F)c(-c2c(C)ccc(C)c2C)cc(C(F)(F)F)c1F. The highest BCUT2D eigenvalue weighted by Crippen LogP contribution is 2.42. The Morgan fingerprint density at radius 3 is 2.20 bits per heavy atom. The summed E-state index contributed by atoms with van der Waals surface area (Å²) < 4.78 is 76.2. The van der Waals surface area contributed by atoms with Crippen LogP contribution in [0.5, 0.6) is 0 Å². The number of ether oxygens (including phenoxy) is 1. The van der Waals surface area contributed by atoms with Gasteiger partial charge in [0.15, 0.2) is 0 Å². The van der Waals surface area contributed by atoms with Crippen molar-refractivity contribution in [2.75, 3.05) is 6.61 Å². The molecule has 0 spiro atoms. The van der Waals surface area contributed by atoms with Crippen LogP contribution in [0.4, 0.5) is 22.0 Å². The van der Waals surface area contributed by atoms with Crippen molar-refractivity contribution in [2.45, 2.75) is 45.5 Å². The monoisotopic (exact) mass is 445 g/mol. The van der Waals surface area contributed by atoms with Gasteiger partial charge in [-0.1, -0.05) is 12.1 Å². The molecule has 0 radical (unpaired) electrons. The van der Waals surface area contributed by atoms with Crippen molar-refractivity contribution in [3.63, 3.8) is 0 Å². The first-order chi connectivity index (χ1) is 13.7. The Bertz CT molecular complexity index is 987. The van der Waals surface area contributed by atoms with Crippen molar-refractivity contribution in [1.82, 2.24) is 0 Å². The van der Waals surface area contributed by atoms with E-state index < -0.39 is 52.1 Å². The predicted octanol–water partition coefficient (Wildman–Crippen LogP) is 4.01. The van der Waals surface area contributed by atoms with Gasteiger partial charge in [0.05, 0.1) is 18.6 Å². The molecule has 0 fully saturated rings. The van der Waals surface area contributed by atoms with Crippen LogP contribution in [-0.2, 0) is 20.9 Å². The van der Waals surface area contributed by atoms with E-state index >= 15 is 4.39 Å². The minimum atomic E-state index is -5.07. The number of hydrogen-bond donors (Lipinski definition) is 1. The Labute approximate surface area is 174 Å². The molecule has 2 rings (SSSR count). The van der Waals surface area contributed by atoms with Gasteiger partial charge in [0.2, 0.25) is 0 Å². The van der Waals surface area contributed by atoms with E-state index in [-0.39, 0.29) is 22.4 Å². The number of halogens is 5. The minimum absolute atomic E-state index is 0.0109. The summed E-state index contributed by atoms with van der Waals surface area (Å²) in [6.07, 6.45) is -5.71. The molecule has 0 aliphatic rings. The fraction of sp³-hybridized carbons (Fsp3) is 0.381. The molecule has 2 aromatic carbocycles. The van der Waals surface area contributed by atoms with Crippen LogP contribution in [0.1, 0.15) is 41.2 Å². The van der Waals surface area contributed by atoms with Crippen LogP contribution in [0.25, 0.3) is 11.1 Å². The summed E-state index contributed by atoms with van der Waals surface area (Å²) in [4.78, 5) is 11.9. The van der Waals surface area contributed by atoms with Crippen molar-refractivity contribution < 1.29 is 31.5 Å². The number of benzene rings is 2. The van der Waals surface area contributed by atoms with Crippen LogP contribution in [0, 0.1) is 32.4 Å². The Kier molecular flexibility index (Phi) is 6.78. The van der Waals surface area contributed by atoms with Crippen LogP contribution in [0.2, 0.25) is 0 Å². The molecule has 0 saturated carbocycles. The van der Waals surface area contributed by atoms with E-state index in [2.05, 4.69) is 0 Å². The number of esters is 1. The van der Waals surface area contributed by atoms with E-state index in [0.717, 1.165) is 5.56 Å². The van der Waals surface area contributed by atoms with E-state index in [0.29, 0.717) is 17.2 Å². The molecule has 0 saturated heterocycles. The molecule has 2 N–H and O–H groups in total. The standard InChI is InChI=1S/C21H24F5NO2Si/c1-5-29-15(28)9-20(27,30)17-18(22)13(8-14(19(17)23)21(24,25)26)16-11(3)7-6-10(2)12(16)4/h6-8H,5,9,27H2,1-4,30H3/t20-/m0/s1. The lowest BCUT2D eigenvalue weighted by atomic mass is 9.88. The Morgan fingerprint density at radius 2 is 1.67 bits per heavy atom. The highest BCUT2D eigenvalue weighted by molar-refractivity contribution is 6.17. The molecule has 2 aromatic rings. The summed E-state index contributed by atoms with van der Waals surface area (Å²) in [5, 5.41) is -1.93. The molecule has 0 aromatic heterocycles. The van der Waals surface area contributed by atoms with E-state index in [1.807, 2.05) is 0 Å². The molecule has 0 bridgehead atoms. The van der Waals surface area contributed by atoms with Gasteiger partial charge in [0.1, 0.15) is 11.6 Å². The van der Waals surface area contributed by atoms with Gasteiger partial charge in [-0.2, -0.15) is 13.2 Å². The molecule has 0 amide bonds. The first-order valence-corrected chi connectivity index (χ1v) is 10.3. The highest BCUT2D eigenvalue weighted by atomic mass is 28.1. The van der Waals surface area contributed by atoms with Crippen molar-refractivity contribution in [3.05, 3.63) is 57.7 Å². The van der Waals surface area contributed by atoms with E-state index in [9.17, 15) is 22.4 Å². The number of aryl methyl sites for hydroxylation is 2. The molecule has 3 nitrogen and oxygen atoms in total. The molecule has 0 aliphatic heterocycles. The Morgan fingerprint density at radius 1 is 1.10 bits per heavy atom. The van der Waals surface area contributed by atoms with Gasteiger partial charge in [-0.15, -0.1) is 0 Å². The fourth-order valence-electron chi connectivity index (χ4n) is 3.49. The van der Waals surface area contributed by atoms with Gasteiger partial charge in [-0.05, 0) is 56.0 Å². The summed E-state index contributed by atoms with van der Waals surface area (Å²) >= 11 is 0. The van der Waals surface area contributed by atoms with Gasteiger partial charge < -0.3 is 10.5 Å². The van der Waals surface area contributed by atoms with Gasteiger partial charge in [0, 0.05) is 26.5 Å².